The number of hydroxylamine groups is 3. The number of rotatable bonds is 7. The van der Waals surface area contributed by atoms with Gasteiger partial charge in [0.1, 0.15) is 14.1 Å². The number of ether oxygens (including phenoxy) is 1. The first kappa shape index (κ1) is 15.7. The number of carbonyl (C=O) groups excluding carboxylic acids is 1. The third kappa shape index (κ3) is 5.01. The minimum absolute atomic E-state index is 0.0530. The van der Waals surface area contributed by atoms with Gasteiger partial charge in [0.15, 0.2) is 0 Å². The van der Waals surface area contributed by atoms with E-state index in [0.29, 0.717) is 12.2 Å². The molecule has 1 aromatic rings. The van der Waals surface area contributed by atoms with Crippen molar-refractivity contribution in [2.45, 2.75) is 32.9 Å². The van der Waals surface area contributed by atoms with Crippen LogP contribution in [-0.4, -0.2) is 37.5 Å². The third-order valence-corrected chi connectivity index (χ3v) is 3.06. The zero-order valence-electron chi connectivity index (χ0n) is 12.3. The molecule has 0 saturated heterocycles. The van der Waals surface area contributed by atoms with Gasteiger partial charge in [0.25, 0.3) is 0 Å². The summed E-state index contributed by atoms with van der Waals surface area (Å²) in [7, 11) is 3.63. The number of carbonyl (C=O) groups is 1. The molecule has 0 bridgehead atoms. The SMILES string of the molecule is CCCCOC(C)[N+](C)(C)OC(=O)c1ccccc1. The number of nitrogens with zero attached hydrogens (tertiary/aromatic N) is 1. The molecule has 0 spiro atoms. The van der Waals surface area contributed by atoms with Crippen molar-refractivity contribution in [2.75, 3.05) is 20.7 Å². The number of hydrogen-bond donors (Lipinski definition) is 0. The molecule has 0 heterocycles. The van der Waals surface area contributed by atoms with Gasteiger partial charge < -0.3 is 4.74 Å². The molecule has 1 rings (SSSR count). The molecular weight excluding hydrogens is 242 g/mol. The van der Waals surface area contributed by atoms with E-state index in [4.69, 9.17) is 9.57 Å². The molecule has 0 aliphatic carbocycles. The van der Waals surface area contributed by atoms with E-state index < -0.39 is 0 Å². The Balaban J connectivity index is 2.56. The molecule has 19 heavy (non-hydrogen) atoms. The summed E-state index contributed by atoms with van der Waals surface area (Å²) in [6, 6.07) is 8.98. The molecule has 0 aliphatic heterocycles. The molecule has 0 fully saturated rings. The smallest absolute Gasteiger partial charge is 0.326 e. The van der Waals surface area contributed by atoms with Crippen molar-refractivity contribution in [1.29, 1.82) is 0 Å². The van der Waals surface area contributed by atoms with Gasteiger partial charge in [0.2, 0.25) is 6.23 Å². The third-order valence-electron chi connectivity index (χ3n) is 3.06. The molecule has 1 unspecified atom stereocenters. The fourth-order valence-corrected chi connectivity index (χ4v) is 1.49. The van der Waals surface area contributed by atoms with Gasteiger partial charge in [-0.15, -0.1) is 4.65 Å². The Morgan fingerprint density at radius 3 is 2.47 bits per heavy atom. The van der Waals surface area contributed by atoms with Crippen molar-refractivity contribution in [3.8, 4) is 0 Å². The predicted octanol–water partition coefficient (Wildman–Crippen LogP) is 3.00. The normalized spacial score (nSPS) is 13.1. The van der Waals surface area contributed by atoms with Crippen LogP contribution in [0.15, 0.2) is 30.3 Å². The second-order valence-electron chi connectivity index (χ2n) is 5.00. The fourth-order valence-electron chi connectivity index (χ4n) is 1.49. The first-order valence-electron chi connectivity index (χ1n) is 6.71. The molecule has 0 amide bonds. The Hall–Kier alpha value is -1.39. The van der Waals surface area contributed by atoms with Crippen LogP contribution in [0.4, 0.5) is 0 Å². The Labute approximate surface area is 115 Å². The zero-order chi connectivity index (χ0) is 14.3. The molecular formula is C15H24NO3+. The molecule has 1 aromatic carbocycles. The van der Waals surface area contributed by atoms with Gasteiger partial charge in [0.05, 0.1) is 12.2 Å². The minimum atomic E-state index is -0.337. The van der Waals surface area contributed by atoms with Crippen LogP contribution in [0.25, 0.3) is 0 Å². The van der Waals surface area contributed by atoms with Crippen LogP contribution in [-0.2, 0) is 9.57 Å². The first-order chi connectivity index (χ1) is 8.97. The lowest BCUT2D eigenvalue weighted by molar-refractivity contribution is -1.09. The maximum absolute atomic E-state index is 12.0. The Kier molecular flexibility index (Phi) is 5.99. The van der Waals surface area contributed by atoms with Gasteiger partial charge in [-0.05, 0) is 18.6 Å². The maximum Gasteiger partial charge on any atom is 0.397 e. The van der Waals surface area contributed by atoms with Gasteiger partial charge in [-0.3, -0.25) is 4.84 Å². The quantitative estimate of drug-likeness (QED) is 0.329. The van der Waals surface area contributed by atoms with Crippen molar-refractivity contribution in [2.24, 2.45) is 0 Å². The lowest BCUT2D eigenvalue weighted by Gasteiger charge is -2.31. The molecule has 0 saturated carbocycles. The topological polar surface area (TPSA) is 35.5 Å². The fraction of sp³-hybridized carbons (Fsp3) is 0.533. The van der Waals surface area contributed by atoms with Crippen molar-refractivity contribution >= 4 is 5.97 Å². The van der Waals surface area contributed by atoms with Crippen molar-refractivity contribution in [3.05, 3.63) is 35.9 Å². The first-order valence-corrected chi connectivity index (χ1v) is 6.71. The van der Waals surface area contributed by atoms with E-state index >= 15 is 0 Å². The second-order valence-corrected chi connectivity index (χ2v) is 5.00. The van der Waals surface area contributed by atoms with Gasteiger partial charge in [-0.1, -0.05) is 31.5 Å². The molecule has 0 N–H and O–H groups in total. The van der Waals surface area contributed by atoms with Crippen molar-refractivity contribution in [3.63, 3.8) is 0 Å². The Morgan fingerprint density at radius 2 is 1.89 bits per heavy atom. The maximum atomic E-state index is 12.0. The molecule has 106 valence electrons. The largest absolute Gasteiger partial charge is 0.397 e. The van der Waals surface area contributed by atoms with Crippen LogP contribution in [0, 0.1) is 0 Å². The standard InChI is InChI=1S/C15H24NO3/c1-5-6-12-18-13(2)16(3,4)19-15(17)14-10-8-7-9-11-14/h7-11,13H,5-6,12H2,1-4H3/q+1. The monoisotopic (exact) mass is 266 g/mol. The average molecular weight is 266 g/mol. The van der Waals surface area contributed by atoms with E-state index in [1.165, 1.54) is 0 Å². The second kappa shape index (κ2) is 7.26. The lowest BCUT2D eigenvalue weighted by Crippen LogP contribution is -2.50. The Bertz CT molecular complexity index is 390. The van der Waals surface area contributed by atoms with Crippen LogP contribution in [0.3, 0.4) is 0 Å². The van der Waals surface area contributed by atoms with Crippen LogP contribution in [0.1, 0.15) is 37.0 Å². The zero-order valence-corrected chi connectivity index (χ0v) is 12.3. The summed E-state index contributed by atoms with van der Waals surface area (Å²) >= 11 is 0. The lowest BCUT2D eigenvalue weighted by atomic mass is 10.2. The van der Waals surface area contributed by atoms with E-state index in [9.17, 15) is 4.79 Å². The van der Waals surface area contributed by atoms with Crippen LogP contribution >= 0.6 is 0 Å². The summed E-state index contributed by atoms with van der Waals surface area (Å²) in [5, 5.41) is 0. The summed E-state index contributed by atoms with van der Waals surface area (Å²) in [4.78, 5) is 17.5. The van der Waals surface area contributed by atoms with E-state index in [1.807, 2.05) is 39.2 Å². The number of hydrogen-bond acceptors (Lipinski definition) is 3. The summed E-state index contributed by atoms with van der Waals surface area (Å²) in [5.74, 6) is -0.337. The highest BCUT2D eigenvalue weighted by Crippen LogP contribution is 2.13. The number of benzene rings is 1. The van der Waals surface area contributed by atoms with Gasteiger partial charge in [-0.25, -0.2) is 4.79 Å². The highest BCUT2D eigenvalue weighted by Gasteiger charge is 2.30. The van der Waals surface area contributed by atoms with Crippen LogP contribution in [0.2, 0.25) is 0 Å². The van der Waals surface area contributed by atoms with Gasteiger partial charge >= 0.3 is 5.97 Å². The predicted molar refractivity (Wildman–Crippen MR) is 74.3 cm³/mol. The van der Waals surface area contributed by atoms with E-state index in [-0.39, 0.29) is 16.8 Å². The van der Waals surface area contributed by atoms with Crippen molar-refractivity contribution < 1.29 is 19.0 Å². The molecule has 4 nitrogen and oxygen atoms in total. The van der Waals surface area contributed by atoms with Crippen molar-refractivity contribution in [1.82, 2.24) is 0 Å². The molecule has 0 radical (unpaired) electrons. The summed E-state index contributed by atoms with van der Waals surface area (Å²) in [5.41, 5.74) is 0.550. The molecule has 4 heteroatoms. The van der Waals surface area contributed by atoms with E-state index in [0.717, 1.165) is 12.8 Å². The summed E-state index contributed by atoms with van der Waals surface area (Å²) in [6.45, 7) is 4.71. The summed E-state index contributed by atoms with van der Waals surface area (Å²) < 4.78 is 5.73. The van der Waals surface area contributed by atoms with Crippen LogP contribution in [0.5, 0.6) is 0 Å². The highest BCUT2D eigenvalue weighted by atomic mass is 16.8. The molecule has 0 aliphatic rings. The molecule has 1 atom stereocenters. The Morgan fingerprint density at radius 1 is 1.26 bits per heavy atom. The van der Waals surface area contributed by atoms with Gasteiger partial charge in [0, 0.05) is 6.92 Å². The minimum Gasteiger partial charge on any atom is -0.326 e. The van der Waals surface area contributed by atoms with Crippen LogP contribution < -0.4 is 0 Å². The number of unbranched alkanes of at least 4 members (excludes halogenated alkanes) is 1. The average Bonchev–Trinajstić information content (AvgIpc) is 2.39. The number of quaternary nitrogens is 1. The highest BCUT2D eigenvalue weighted by molar-refractivity contribution is 5.88. The summed E-state index contributed by atoms with van der Waals surface area (Å²) in [6.07, 6.45) is 1.90. The molecule has 0 aromatic heterocycles. The van der Waals surface area contributed by atoms with E-state index in [1.54, 1.807) is 12.1 Å². The van der Waals surface area contributed by atoms with Gasteiger partial charge in [-0.2, -0.15) is 0 Å². The van der Waals surface area contributed by atoms with E-state index in [2.05, 4.69) is 6.92 Å².